The lowest BCUT2D eigenvalue weighted by Gasteiger charge is -2.14. The fourth-order valence-electron chi connectivity index (χ4n) is 2.48. The molecule has 0 atom stereocenters. The second-order valence-corrected chi connectivity index (χ2v) is 7.13. The quantitative estimate of drug-likeness (QED) is 0.716. The van der Waals surface area contributed by atoms with Crippen LogP contribution in [0.1, 0.15) is 27.1 Å². The Morgan fingerprint density at radius 2 is 1.76 bits per heavy atom. The van der Waals surface area contributed by atoms with Crippen molar-refractivity contribution in [3.63, 3.8) is 0 Å². The third-order valence-corrected chi connectivity index (χ3v) is 4.74. The van der Waals surface area contributed by atoms with E-state index < -0.39 is 11.8 Å². The Bertz CT molecular complexity index is 901. The van der Waals surface area contributed by atoms with Gasteiger partial charge >= 0.3 is 0 Å². The molecule has 0 spiro atoms. The van der Waals surface area contributed by atoms with Crippen LogP contribution < -0.4 is 5.32 Å². The fraction of sp³-hybridized carbons (Fsp3) is 0.118. The van der Waals surface area contributed by atoms with Gasteiger partial charge in [-0.15, -0.1) is 0 Å². The van der Waals surface area contributed by atoms with Crippen molar-refractivity contribution < 1.29 is 14.4 Å². The van der Waals surface area contributed by atoms with Gasteiger partial charge in [0.25, 0.3) is 11.8 Å². The standard InChI is InChI=1S/C17H11BrCl2N2O3/c18-9-1-3-11-12(7-9)17(25)22(16(11)24)6-5-15(23)21-14-4-2-10(19)8-13(14)20/h1-4,7-8H,5-6H2,(H,21,23). The van der Waals surface area contributed by atoms with Gasteiger partial charge in [-0.25, -0.2) is 0 Å². The molecule has 1 aliphatic heterocycles. The minimum Gasteiger partial charge on any atom is -0.325 e. The van der Waals surface area contributed by atoms with E-state index >= 15 is 0 Å². The first-order valence-electron chi connectivity index (χ1n) is 7.27. The minimum absolute atomic E-state index is 0.0129. The van der Waals surface area contributed by atoms with Crippen molar-refractivity contribution in [2.24, 2.45) is 0 Å². The molecule has 0 aromatic heterocycles. The topological polar surface area (TPSA) is 66.5 Å². The second kappa shape index (κ2) is 7.15. The number of rotatable bonds is 4. The molecule has 0 unspecified atom stereocenters. The fourth-order valence-corrected chi connectivity index (χ4v) is 3.30. The van der Waals surface area contributed by atoms with Crippen LogP contribution in [0.15, 0.2) is 40.9 Å². The van der Waals surface area contributed by atoms with Crippen LogP contribution in [0.3, 0.4) is 0 Å². The number of nitrogens with zero attached hydrogens (tertiary/aromatic N) is 1. The molecule has 128 valence electrons. The Morgan fingerprint density at radius 3 is 2.48 bits per heavy atom. The molecule has 1 heterocycles. The minimum atomic E-state index is -0.404. The number of anilines is 1. The van der Waals surface area contributed by atoms with Crippen molar-refractivity contribution in [2.45, 2.75) is 6.42 Å². The monoisotopic (exact) mass is 440 g/mol. The summed E-state index contributed by atoms with van der Waals surface area (Å²) in [6.07, 6.45) is -0.0361. The van der Waals surface area contributed by atoms with E-state index in [4.69, 9.17) is 23.2 Å². The molecule has 0 saturated heterocycles. The maximum absolute atomic E-state index is 12.3. The van der Waals surface area contributed by atoms with Crippen LogP contribution in [-0.2, 0) is 4.79 Å². The summed E-state index contributed by atoms with van der Waals surface area (Å²) in [5.41, 5.74) is 1.09. The van der Waals surface area contributed by atoms with Crippen LogP contribution in [0, 0.1) is 0 Å². The Morgan fingerprint density at radius 1 is 1.04 bits per heavy atom. The largest absolute Gasteiger partial charge is 0.325 e. The number of benzene rings is 2. The maximum Gasteiger partial charge on any atom is 0.261 e. The molecule has 25 heavy (non-hydrogen) atoms. The van der Waals surface area contributed by atoms with E-state index in [1.165, 1.54) is 6.07 Å². The average molecular weight is 442 g/mol. The molecule has 2 aromatic rings. The number of amides is 3. The van der Waals surface area contributed by atoms with Gasteiger partial charge in [0.05, 0.1) is 21.8 Å². The van der Waals surface area contributed by atoms with Gasteiger partial charge in [0.2, 0.25) is 5.91 Å². The number of carbonyl (C=O) groups excluding carboxylic acids is 3. The summed E-state index contributed by atoms with van der Waals surface area (Å²) >= 11 is 15.1. The Balaban J connectivity index is 1.65. The van der Waals surface area contributed by atoms with Crippen molar-refractivity contribution in [3.05, 3.63) is 62.0 Å². The number of imide groups is 1. The molecule has 1 N–H and O–H groups in total. The Kier molecular flexibility index (Phi) is 5.13. The lowest BCUT2D eigenvalue weighted by Crippen LogP contribution is -2.32. The van der Waals surface area contributed by atoms with E-state index in [9.17, 15) is 14.4 Å². The van der Waals surface area contributed by atoms with Gasteiger partial charge < -0.3 is 5.32 Å². The summed E-state index contributed by atoms with van der Waals surface area (Å²) in [7, 11) is 0. The molecule has 0 radical (unpaired) electrons. The highest BCUT2D eigenvalue weighted by molar-refractivity contribution is 9.10. The van der Waals surface area contributed by atoms with E-state index in [0.717, 1.165) is 4.90 Å². The van der Waals surface area contributed by atoms with E-state index in [0.29, 0.717) is 31.3 Å². The van der Waals surface area contributed by atoms with E-state index in [1.54, 1.807) is 30.3 Å². The highest BCUT2D eigenvalue weighted by Crippen LogP contribution is 2.27. The first-order chi connectivity index (χ1) is 11.9. The van der Waals surface area contributed by atoms with Crippen molar-refractivity contribution in [3.8, 4) is 0 Å². The molecule has 0 aliphatic carbocycles. The number of hydrogen-bond acceptors (Lipinski definition) is 3. The molecule has 8 heteroatoms. The number of hydrogen-bond donors (Lipinski definition) is 1. The van der Waals surface area contributed by atoms with Gasteiger partial charge in [-0.3, -0.25) is 19.3 Å². The summed E-state index contributed by atoms with van der Waals surface area (Å²) in [5.74, 6) is -1.16. The van der Waals surface area contributed by atoms with E-state index in [2.05, 4.69) is 21.2 Å². The molecule has 2 aromatic carbocycles. The highest BCUT2D eigenvalue weighted by atomic mass is 79.9. The first-order valence-corrected chi connectivity index (χ1v) is 8.82. The summed E-state index contributed by atoms with van der Waals surface area (Å²) in [4.78, 5) is 37.8. The maximum atomic E-state index is 12.3. The molecular formula is C17H11BrCl2N2O3. The molecule has 0 fully saturated rings. The predicted octanol–water partition coefficient (Wildman–Crippen LogP) is 4.38. The Hall–Kier alpha value is -1.89. The lowest BCUT2D eigenvalue weighted by molar-refractivity contribution is -0.116. The van der Waals surface area contributed by atoms with E-state index in [1.807, 2.05) is 0 Å². The lowest BCUT2D eigenvalue weighted by atomic mass is 10.1. The van der Waals surface area contributed by atoms with Crippen LogP contribution >= 0.6 is 39.1 Å². The van der Waals surface area contributed by atoms with Crippen molar-refractivity contribution in [1.82, 2.24) is 4.90 Å². The van der Waals surface area contributed by atoms with Crippen LogP contribution in [0.5, 0.6) is 0 Å². The van der Waals surface area contributed by atoms with Gasteiger partial charge in [-0.05, 0) is 36.4 Å². The number of carbonyl (C=O) groups is 3. The SMILES string of the molecule is O=C(CCN1C(=O)c2ccc(Br)cc2C1=O)Nc1ccc(Cl)cc1Cl. The second-order valence-electron chi connectivity index (χ2n) is 5.37. The van der Waals surface area contributed by atoms with Crippen LogP contribution in [0.4, 0.5) is 5.69 Å². The van der Waals surface area contributed by atoms with Gasteiger partial charge in [0.1, 0.15) is 0 Å². The number of nitrogens with one attached hydrogen (secondary N) is 1. The Labute approximate surface area is 162 Å². The third kappa shape index (κ3) is 3.71. The normalized spacial score (nSPS) is 13.2. The van der Waals surface area contributed by atoms with Gasteiger partial charge in [-0.1, -0.05) is 39.1 Å². The summed E-state index contributed by atoms with van der Waals surface area (Å²) < 4.78 is 0.712. The number of fused-ring (bicyclic) bond motifs is 1. The molecule has 0 saturated carbocycles. The van der Waals surface area contributed by atoms with Crippen LogP contribution in [0.2, 0.25) is 10.0 Å². The molecule has 1 aliphatic rings. The number of halogens is 3. The van der Waals surface area contributed by atoms with Crippen LogP contribution in [-0.4, -0.2) is 29.2 Å². The van der Waals surface area contributed by atoms with Gasteiger partial charge in [0, 0.05) is 22.5 Å². The zero-order valence-electron chi connectivity index (χ0n) is 12.7. The van der Waals surface area contributed by atoms with Crippen molar-refractivity contribution in [1.29, 1.82) is 0 Å². The highest BCUT2D eigenvalue weighted by Gasteiger charge is 2.35. The molecule has 5 nitrogen and oxygen atoms in total. The van der Waals surface area contributed by atoms with Crippen molar-refractivity contribution >= 4 is 62.5 Å². The molecule has 0 bridgehead atoms. The van der Waals surface area contributed by atoms with Crippen LogP contribution in [0.25, 0.3) is 0 Å². The average Bonchev–Trinajstić information content (AvgIpc) is 2.79. The van der Waals surface area contributed by atoms with Gasteiger partial charge in [0.15, 0.2) is 0 Å². The van der Waals surface area contributed by atoms with Crippen molar-refractivity contribution in [2.75, 3.05) is 11.9 Å². The summed E-state index contributed by atoms with van der Waals surface area (Å²) in [6, 6.07) is 9.59. The molecule has 3 rings (SSSR count). The third-order valence-electron chi connectivity index (χ3n) is 3.70. The van der Waals surface area contributed by atoms with Gasteiger partial charge in [-0.2, -0.15) is 0 Å². The zero-order valence-corrected chi connectivity index (χ0v) is 15.8. The summed E-state index contributed by atoms with van der Waals surface area (Å²) in [6.45, 7) is -0.0129. The van der Waals surface area contributed by atoms with E-state index in [-0.39, 0.29) is 18.9 Å². The molecular weight excluding hydrogens is 431 g/mol. The summed E-state index contributed by atoms with van der Waals surface area (Å²) in [5, 5.41) is 3.41. The molecule has 3 amide bonds. The smallest absolute Gasteiger partial charge is 0.261 e. The first kappa shape index (κ1) is 17.9. The predicted molar refractivity (Wildman–Crippen MR) is 99.2 cm³/mol. The zero-order chi connectivity index (χ0) is 18.1.